The van der Waals surface area contributed by atoms with E-state index in [9.17, 15) is 0 Å². The second-order valence-corrected chi connectivity index (χ2v) is 4.75. The molecule has 0 radical (unpaired) electrons. The molecule has 1 aliphatic heterocycles. The van der Waals surface area contributed by atoms with Crippen LogP contribution in [0.15, 0.2) is 30.7 Å². The molecule has 3 heterocycles. The van der Waals surface area contributed by atoms with Crippen molar-refractivity contribution >= 4 is 17.5 Å². The van der Waals surface area contributed by atoms with Gasteiger partial charge < -0.3 is 20.1 Å². The smallest absolute Gasteiger partial charge is 0.205 e. The highest BCUT2D eigenvalue weighted by molar-refractivity contribution is 5.49. The van der Waals surface area contributed by atoms with E-state index in [1.165, 1.54) is 0 Å². The molecule has 2 N–H and O–H groups in total. The molecule has 100 valence electrons. The number of nitrogens with zero attached hydrogens (tertiary/aromatic N) is 5. The lowest BCUT2D eigenvalue weighted by molar-refractivity contribution is 0.630. The highest BCUT2D eigenvalue weighted by Gasteiger charge is 2.19. The molecule has 2 aromatic heterocycles. The molecule has 0 unspecified atom stereocenters. The van der Waals surface area contributed by atoms with E-state index < -0.39 is 0 Å². The van der Waals surface area contributed by atoms with Gasteiger partial charge in [-0.2, -0.15) is 0 Å². The fourth-order valence-corrected chi connectivity index (χ4v) is 2.41. The zero-order valence-electron chi connectivity index (χ0n) is 11.0. The normalized spacial score (nSPS) is 15.8. The third kappa shape index (κ3) is 2.33. The maximum absolute atomic E-state index is 5.61. The molecule has 6 nitrogen and oxygen atoms in total. The van der Waals surface area contributed by atoms with Gasteiger partial charge in [0.05, 0.1) is 11.9 Å². The van der Waals surface area contributed by atoms with Crippen LogP contribution in [-0.4, -0.2) is 40.7 Å². The molecule has 0 amide bonds. The van der Waals surface area contributed by atoms with Crippen molar-refractivity contribution in [3.05, 3.63) is 30.7 Å². The Morgan fingerprint density at radius 2 is 1.79 bits per heavy atom. The molecule has 6 heteroatoms. The quantitative estimate of drug-likeness (QED) is 0.860. The molecule has 3 rings (SSSR count). The Labute approximate surface area is 112 Å². The first-order valence-corrected chi connectivity index (χ1v) is 6.43. The van der Waals surface area contributed by atoms with Crippen LogP contribution in [0.1, 0.15) is 0 Å². The SMILES string of the molecule is Cn1ccnc1N1CCN(c2ccc(N)nc2)CC1. The third-order valence-corrected chi connectivity index (χ3v) is 3.49. The van der Waals surface area contributed by atoms with E-state index in [-0.39, 0.29) is 0 Å². The molecule has 1 aliphatic rings. The van der Waals surface area contributed by atoms with Gasteiger partial charge in [-0.25, -0.2) is 9.97 Å². The maximum Gasteiger partial charge on any atom is 0.205 e. The van der Waals surface area contributed by atoms with Crippen LogP contribution in [0, 0.1) is 0 Å². The lowest BCUT2D eigenvalue weighted by atomic mass is 10.3. The largest absolute Gasteiger partial charge is 0.384 e. The van der Waals surface area contributed by atoms with Gasteiger partial charge >= 0.3 is 0 Å². The molecule has 0 saturated carbocycles. The maximum atomic E-state index is 5.61. The minimum Gasteiger partial charge on any atom is -0.384 e. The summed E-state index contributed by atoms with van der Waals surface area (Å²) < 4.78 is 2.06. The van der Waals surface area contributed by atoms with Gasteiger partial charge in [0.2, 0.25) is 5.95 Å². The van der Waals surface area contributed by atoms with Gasteiger partial charge in [-0.05, 0) is 12.1 Å². The van der Waals surface area contributed by atoms with Crippen molar-refractivity contribution in [1.29, 1.82) is 0 Å². The van der Waals surface area contributed by atoms with Crippen LogP contribution in [0.3, 0.4) is 0 Å². The minimum atomic E-state index is 0.565. The molecule has 0 atom stereocenters. The fraction of sp³-hybridized carbons (Fsp3) is 0.385. The van der Waals surface area contributed by atoms with Crippen LogP contribution >= 0.6 is 0 Å². The van der Waals surface area contributed by atoms with Crippen LogP contribution in [0.4, 0.5) is 17.5 Å². The van der Waals surface area contributed by atoms with Crippen LogP contribution in [-0.2, 0) is 7.05 Å². The van der Waals surface area contributed by atoms with Crippen molar-refractivity contribution < 1.29 is 0 Å². The summed E-state index contributed by atoms with van der Waals surface area (Å²) in [5.41, 5.74) is 6.74. The number of anilines is 3. The van der Waals surface area contributed by atoms with Crippen molar-refractivity contribution in [2.45, 2.75) is 0 Å². The Hall–Kier alpha value is -2.24. The van der Waals surface area contributed by atoms with E-state index in [0.29, 0.717) is 5.82 Å². The second-order valence-electron chi connectivity index (χ2n) is 4.75. The first-order chi connectivity index (χ1) is 9.24. The summed E-state index contributed by atoms with van der Waals surface area (Å²) in [6.07, 6.45) is 5.66. The standard InChI is InChI=1S/C13H18N6/c1-17-5-4-15-13(17)19-8-6-18(7-9-19)11-2-3-12(14)16-10-11/h2-5,10H,6-9H2,1H3,(H2,14,16). The van der Waals surface area contributed by atoms with Gasteiger partial charge in [0.1, 0.15) is 5.82 Å². The topological polar surface area (TPSA) is 63.2 Å². The summed E-state index contributed by atoms with van der Waals surface area (Å²) in [6.45, 7) is 3.88. The summed E-state index contributed by atoms with van der Waals surface area (Å²) >= 11 is 0. The number of nitrogens with two attached hydrogens (primary N) is 1. The zero-order valence-corrected chi connectivity index (χ0v) is 11.0. The van der Waals surface area contributed by atoms with Gasteiger partial charge in [0, 0.05) is 45.6 Å². The lowest BCUT2D eigenvalue weighted by Gasteiger charge is -2.36. The third-order valence-electron chi connectivity index (χ3n) is 3.49. The first kappa shape index (κ1) is 11.8. The molecule has 0 spiro atoms. The van der Waals surface area contributed by atoms with Crippen LogP contribution in [0.2, 0.25) is 0 Å². The number of nitrogen functional groups attached to an aromatic ring is 1. The number of hydrogen-bond donors (Lipinski definition) is 1. The molecule has 0 bridgehead atoms. The molecule has 0 aliphatic carbocycles. The van der Waals surface area contributed by atoms with Gasteiger partial charge in [-0.15, -0.1) is 0 Å². The van der Waals surface area contributed by atoms with Crippen molar-refractivity contribution in [2.75, 3.05) is 41.7 Å². The Bertz CT molecular complexity index is 539. The van der Waals surface area contributed by atoms with Crippen LogP contribution < -0.4 is 15.5 Å². The Morgan fingerprint density at radius 3 is 2.37 bits per heavy atom. The summed E-state index contributed by atoms with van der Waals surface area (Å²) in [5, 5.41) is 0. The molecule has 2 aromatic rings. The van der Waals surface area contributed by atoms with Crippen molar-refractivity contribution in [1.82, 2.24) is 14.5 Å². The van der Waals surface area contributed by atoms with E-state index in [0.717, 1.165) is 37.8 Å². The first-order valence-electron chi connectivity index (χ1n) is 6.43. The van der Waals surface area contributed by atoms with Gasteiger partial charge in [0.25, 0.3) is 0 Å². The van der Waals surface area contributed by atoms with E-state index in [4.69, 9.17) is 5.73 Å². The summed E-state index contributed by atoms with van der Waals surface area (Å²) in [5.74, 6) is 1.60. The van der Waals surface area contributed by atoms with Gasteiger partial charge in [-0.1, -0.05) is 0 Å². The second kappa shape index (κ2) is 4.79. The van der Waals surface area contributed by atoms with E-state index in [1.54, 1.807) is 0 Å². The van der Waals surface area contributed by atoms with Crippen molar-refractivity contribution in [3.63, 3.8) is 0 Å². The lowest BCUT2D eigenvalue weighted by Crippen LogP contribution is -2.47. The zero-order chi connectivity index (χ0) is 13.2. The Morgan fingerprint density at radius 1 is 1.05 bits per heavy atom. The predicted molar refractivity (Wildman–Crippen MR) is 76.3 cm³/mol. The number of piperazine rings is 1. The van der Waals surface area contributed by atoms with Crippen LogP contribution in [0.5, 0.6) is 0 Å². The van der Waals surface area contributed by atoms with Crippen LogP contribution in [0.25, 0.3) is 0 Å². The van der Waals surface area contributed by atoms with E-state index in [1.807, 2.05) is 37.8 Å². The molecule has 1 saturated heterocycles. The molecular weight excluding hydrogens is 240 g/mol. The monoisotopic (exact) mass is 258 g/mol. The highest BCUT2D eigenvalue weighted by Crippen LogP contribution is 2.18. The number of aryl methyl sites for hydroxylation is 1. The average Bonchev–Trinajstić information content (AvgIpc) is 2.86. The molecular formula is C13H18N6. The van der Waals surface area contributed by atoms with Gasteiger partial charge in [-0.3, -0.25) is 0 Å². The van der Waals surface area contributed by atoms with E-state index in [2.05, 4.69) is 24.3 Å². The van der Waals surface area contributed by atoms with Crippen molar-refractivity contribution in [2.24, 2.45) is 7.05 Å². The highest BCUT2D eigenvalue weighted by atomic mass is 15.3. The summed E-state index contributed by atoms with van der Waals surface area (Å²) in [7, 11) is 2.03. The summed E-state index contributed by atoms with van der Waals surface area (Å²) in [6, 6.07) is 3.87. The molecule has 1 fully saturated rings. The number of imidazole rings is 1. The van der Waals surface area contributed by atoms with E-state index >= 15 is 0 Å². The van der Waals surface area contributed by atoms with Gasteiger partial charge in [0.15, 0.2) is 0 Å². The Balaban J connectivity index is 1.66. The number of hydrogen-bond acceptors (Lipinski definition) is 5. The molecule has 19 heavy (non-hydrogen) atoms. The average molecular weight is 258 g/mol. The fourth-order valence-electron chi connectivity index (χ4n) is 2.41. The number of rotatable bonds is 2. The predicted octanol–water partition coefficient (Wildman–Crippen LogP) is 0.724. The summed E-state index contributed by atoms with van der Waals surface area (Å²) in [4.78, 5) is 13.2. The molecule has 0 aromatic carbocycles. The number of aromatic nitrogens is 3. The minimum absolute atomic E-state index is 0.565. The number of pyridine rings is 1. The Kier molecular flexibility index (Phi) is 2.98. The van der Waals surface area contributed by atoms with Crippen molar-refractivity contribution in [3.8, 4) is 0 Å².